The van der Waals surface area contributed by atoms with Crippen LogP contribution in [0.1, 0.15) is 34.6 Å². The van der Waals surface area contributed by atoms with Crippen LogP contribution in [0.5, 0.6) is 11.5 Å². The largest absolute Gasteiger partial charge is 0.497 e. The highest BCUT2D eigenvalue weighted by Crippen LogP contribution is 2.30. The Bertz CT molecular complexity index is 935. The number of nitrogens with one attached hydrogen (secondary N) is 1. The van der Waals surface area contributed by atoms with Gasteiger partial charge >= 0.3 is 0 Å². The molecule has 0 saturated carbocycles. The first-order valence-corrected chi connectivity index (χ1v) is 8.59. The lowest BCUT2D eigenvalue weighted by atomic mass is 10.0. The van der Waals surface area contributed by atoms with E-state index >= 15 is 0 Å². The molecule has 3 rings (SSSR count). The van der Waals surface area contributed by atoms with Crippen molar-refractivity contribution in [2.75, 3.05) is 14.2 Å². The van der Waals surface area contributed by atoms with Gasteiger partial charge in [-0.2, -0.15) is 0 Å². The monoisotopic (exact) mass is 366 g/mol. The van der Waals surface area contributed by atoms with Crippen molar-refractivity contribution in [2.45, 2.75) is 19.9 Å². The summed E-state index contributed by atoms with van der Waals surface area (Å²) in [6.45, 7) is 3.63. The minimum absolute atomic E-state index is 0.252. The Hall–Kier alpha value is -3.28. The molecular formula is C21H22N2O4. The predicted octanol–water partition coefficient (Wildman–Crippen LogP) is 4.16. The molecule has 0 fully saturated rings. The number of aryl methyl sites for hydroxylation is 1. The van der Waals surface area contributed by atoms with Crippen molar-refractivity contribution in [1.29, 1.82) is 0 Å². The van der Waals surface area contributed by atoms with Crippen LogP contribution < -0.4 is 14.8 Å². The van der Waals surface area contributed by atoms with Gasteiger partial charge in [-0.3, -0.25) is 4.79 Å². The summed E-state index contributed by atoms with van der Waals surface area (Å²) in [6.07, 6.45) is 0. The average Bonchev–Trinajstić information content (AvgIpc) is 3.09. The van der Waals surface area contributed by atoms with Crippen LogP contribution >= 0.6 is 0 Å². The van der Waals surface area contributed by atoms with Gasteiger partial charge in [0.15, 0.2) is 0 Å². The molecule has 1 amide bonds. The number of methoxy groups -OCH3 is 2. The van der Waals surface area contributed by atoms with E-state index in [1.807, 2.05) is 49.4 Å². The molecule has 0 radical (unpaired) electrons. The number of carbonyl (C=O) groups is 1. The molecule has 2 aromatic carbocycles. The second-order valence-electron chi connectivity index (χ2n) is 6.13. The van der Waals surface area contributed by atoms with Gasteiger partial charge in [-0.25, -0.2) is 0 Å². The molecule has 1 unspecified atom stereocenters. The Morgan fingerprint density at radius 2 is 1.85 bits per heavy atom. The van der Waals surface area contributed by atoms with E-state index in [1.54, 1.807) is 27.2 Å². The van der Waals surface area contributed by atoms with E-state index in [9.17, 15) is 4.79 Å². The van der Waals surface area contributed by atoms with Crippen LogP contribution in [-0.2, 0) is 0 Å². The quantitative estimate of drug-likeness (QED) is 0.709. The Morgan fingerprint density at radius 3 is 2.52 bits per heavy atom. The van der Waals surface area contributed by atoms with Crippen LogP contribution in [-0.4, -0.2) is 25.3 Å². The van der Waals surface area contributed by atoms with E-state index in [0.29, 0.717) is 28.5 Å². The number of ether oxygens (including phenoxy) is 2. The minimum atomic E-state index is -0.281. The molecule has 6 nitrogen and oxygen atoms in total. The Morgan fingerprint density at radius 1 is 1.11 bits per heavy atom. The number of hydrogen-bond donors (Lipinski definition) is 1. The first-order valence-electron chi connectivity index (χ1n) is 8.59. The molecule has 140 valence electrons. The number of aromatic nitrogens is 1. The number of amides is 1. The van der Waals surface area contributed by atoms with Crippen LogP contribution in [0.25, 0.3) is 11.3 Å². The van der Waals surface area contributed by atoms with E-state index in [0.717, 1.165) is 11.1 Å². The molecule has 3 aromatic rings. The smallest absolute Gasteiger partial charge is 0.257 e. The highest BCUT2D eigenvalue weighted by atomic mass is 16.5. The van der Waals surface area contributed by atoms with Crippen LogP contribution in [0.2, 0.25) is 0 Å². The third kappa shape index (κ3) is 3.79. The summed E-state index contributed by atoms with van der Waals surface area (Å²) in [4.78, 5) is 13.0. The molecule has 0 bridgehead atoms. The van der Waals surface area contributed by atoms with E-state index in [4.69, 9.17) is 14.0 Å². The molecule has 0 aliphatic carbocycles. The third-order valence-electron chi connectivity index (χ3n) is 4.39. The molecule has 1 aromatic heterocycles. The fourth-order valence-corrected chi connectivity index (χ4v) is 2.96. The predicted molar refractivity (Wildman–Crippen MR) is 102 cm³/mol. The van der Waals surface area contributed by atoms with Crippen molar-refractivity contribution in [1.82, 2.24) is 10.5 Å². The molecule has 1 heterocycles. The zero-order valence-corrected chi connectivity index (χ0v) is 15.8. The van der Waals surface area contributed by atoms with Crippen molar-refractivity contribution in [3.05, 3.63) is 65.4 Å². The van der Waals surface area contributed by atoms with Gasteiger partial charge in [-0.15, -0.1) is 0 Å². The molecule has 1 N–H and O–H groups in total. The standard InChI is InChI=1S/C21H22N2O4/c1-13(17-11-10-16(25-3)12-18(17)26-4)22-21(24)19-14(2)27-23-20(19)15-8-6-5-7-9-15/h5-13H,1-4H3,(H,22,24). The highest BCUT2D eigenvalue weighted by molar-refractivity contribution is 6.01. The van der Waals surface area contributed by atoms with E-state index < -0.39 is 0 Å². The summed E-state index contributed by atoms with van der Waals surface area (Å²) in [5, 5.41) is 7.07. The summed E-state index contributed by atoms with van der Waals surface area (Å²) >= 11 is 0. The lowest BCUT2D eigenvalue weighted by molar-refractivity contribution is 0.0938. The second kappa shape index (κ2) is 7.95. The molecule has 0 aliphatic rings. The normalized spacial score (nSPS) is 11.7. The van der Waals surface area contributed by atoms with Crippen LogP contribution in [0.3, 0.4) is 0 Å². The van der Waals surface area contributed by atoms with Crippen molar-refractivity contribution >= 4 is 5.91 Å². The maximum Gasteiger partial charge on any atom is 0.257 e. The zero-order chi connectivity index (χ0) is 19.4. The maximum absolute atomic E-state index is 13.0. The topological polar surface area (TPSA) is 73.6 Å². The summed E-state index contributed by atoms with van der Waals surface area (Å²) in [7, 11) is 3.18. The molecule has 0 saturated heterocycles. The first-order chi connectivity index (χ1) is 13.0. The molecule has 0 aliphatic heterocycles. The minimum Gasteiger partial charge on any atom is -0.497 e. The number of carbonyl (C=O) groups excluding carboxylic acids is 1. The van der Waals surface area contributed by atoms with Crippen LogP contribution in [0.15, 0.2) is 53.1 Å². The number of nitrogens with zero attached hydrogens (tertiary/aromatic N) is 1. The Balaban J connectivity index is 1.87. The van der Waals surface area contributed by atoms with E-state index in [2.05, 4.69) is 10.5 Å². The van der Waals surface area contributed by atoms with E-state index in [-0.39, 0.29) is 11.9 Å². The summed E-state index contributed by atoms with van der Waals surface area (Å²) in [5.74, 6) is 1.56. The molecule has 0 spiro atoms. The summed E-state index contributed by atoms with van der Waals surface area (Å²) < 4.78 is 15.9. The van der Waals surface area contributed by atoms with Crippen molar-refractivity contribution in [2.24, 2.45) is 0 Å². The van der Waals surface area contributed by atoms with Gasteiger partial charge in [0.25, 0.3) is 5.91 Å². The highest BCUT2D eigenvalue weighted by Gasteiger charge is 2.24. The Labute approximate surface area is 158 Å². The SMILES string of the molecule is COc1ccc(C(C)NC(=O)c2c(-c3ccccc3)noc2C)c(OC)c1. The molecule has 1 atom stereocenters. The summed E-state index contributed by atoms with van der Waals surface area (Å²) in [6, 6.07) is 14.7. The Kier molecular flexibility index (Phi) is 5.45. The van der Waals surface area contributed by atoms with Crippen molar-refractivity contribution in [3.8, 4) is 22.8 Å². The summed E-state index contributed by atoms with van der Waals surface area (Å²) in [5.41, 5.74) is 2.64. The fourth-order valence-electron chi connectivity index (χ4n) is 2.96. The fraction of sp³-hybridized carbons (Fsp3) is 0.238. The van der Waals surface area contributed by atoms with Gasteiger partial charge < -0.3 is 19.3 Å². The average molecular weight is 366 g/mol. The zero-order valence-electron chi connectivity index (χ0n) is 15.8. The third-order valence-corrected chi connectivity index (χ3v) is 4.39. The van der Waals surface area contributed by atoms with Crippen molar-refractivity contribution in [3.63, 3.8) is 0 Å². The lowest BCUT2D eigenvalue weighted by Gasteiger charge is -2.18. The number of benzene rings is 2. The van der Waals surface area contributed by atoms with Gasteiger partial charge in [0.2, 0.25) is 0 Å². The van der Waals surface area contributed by atoms with Gasteiger partial charge in [-0.1, -0.05) is 35.5 Å². The van der Waals surface area contributed by atoms with Gasteiger partial charge in [0.1, 0.15) is 28.5 Å². The molecule has 27 heavy (non-hydrogen) atoms. The molecular weight excluding hydrogens is 344 g/mol. The van der Waals surface area contributed by atoms with Crippen molar-refractivity contribution < 1.29 is 18.8 Å². The number of rotatable bonds is 6. The first kappa shape index (κ1) is 18.5. The molecule has 6 heteroatoms. The van der Waals surface area contributed by atoms with E-state index in [1.165, 1.54) is 0 Å². The number of hydrogen-bond acceptors (Lipinski definition) is 5. The maximum atomic E-state index is 13.0. The van der Waals surface area contributed by atoms with Crippen LogP contribution in [0, 0.1) is 6.92 Å². The van der Waals surface area contributed by atoms with Gasteiger partial charge in [0.05, 0.1) is 20.3 Å². The van der Waals surface area contributed by atoms with Crippen LogP contribution in [0.4, 0.5) is 0 Å². The van der Waals surface area contributed by atoms with Gasteiger partial charge in [-0.05, 0) is 26.0 Å². The van der Waals surface area contributed by atoms with Gasteiger partial charge in [0, 0.05) is 17.2 Å². The second-order valence-corrected chi connectivity index (χ2v) is 6.13. The lowest BCUT2D eigenvalue weighted by Crippen LogP contribution is -2.27.